The van der Waals surface area contributed by atoms with Gasteiger partial charge in [-0.25, -0.2) is 0 Å². The molecule has 0 bridgehead atoms. The first kappa shape index (κ1) is 14.5. The van der Waals surface area contributed by atoms with Crippen molar-refractivity contribution in [3.63, 3.8) is 0 Å². The van der Waals surface area contributed by atoms with Gasteiger partial charge in [-0.15, -0.1) is 0 Å². The largest absolute Gasteiger partial charge is 0.495 e. The molecule has 0 radical (unpaired) electrons. The number of nitrogens with zero attached hydrogens (tertiary/aromatic N) is 2. The van der Waals surface area contributed by atoms with Crippen molar-refractivity contribution in [2.75, 3.05) is 13.7 Å². The normalized spacial score (nSPS) is 12.1. The van der Waals surface area contributed by atoms with Crippen LogP contribution in [-0.2, 0) is 6.42 Å². The number of hydrogen-bond donors (Lipinski definition) is 1. The topological polar surface area (TPSA) is 47.0 Å². The molecule has 20 heavy (non-hydrogen) atoms. The number of pyridine rings is 2. The van der Waals surface area contributed by atoms with E-state index in [9.17, 15) is 0 Å². The van der Waals surface area contributed by atoms with Crippen LogP contribution in [0.2, 0.25) is 0 Å². The Morgan fingerprint density at radius 2 is 2.00 bits per heavy atom. The first-order valence-corrected chi connectivity index (χ1v) is 6.97. The Hall–Kier alpha value is -1.94. The first-order chi connectivity index (χ1) is 9.85. The Morgan fingerprint density at radius 1 is 1.15 bits per heavy atom. The molecule has 0 amide bonds. The summed E-state index contributed by atoms with van der Waals surface area (Å²) in [6.07, 6.45) is 5.50. The number of nitrogens with one attached hydrogen (secondary N) is 1. The zero-order chi connectivity index (χ0) is 14.2. The average molecular weight is 271 g/mol. The summed E-state index contributed by atoms with van der Waals surface area (Å²) < 4.78 is 5.41. The van der Waals surface area contributed by atoms with Crippen LogP contribution in [0.5, 0.6) is 5.75 Å². The zero-order valence-electron chi connectivity index (χ0n) is 12.0. The third-order valence-corrected chi connectivity index (χ3v) is 3.22. The van der Waals surface area contributed by atoms with Crippen molar-refractivity contribution in [2.24, 2.45) is 0 Å². The van der Waals surface area contributed by atoms with Crippen molar-refractivity contribution >= 4 is 0 Å². The van der Waals surface area contributed by atoms with Gasteiger partial charge in [-0.1, -0.05) is 13.0 Å². The Morgan fingerprint density at radius 3 is 2.70 bits per heavy atom. The smallest absolute Gasteiger partial charge is 0.141 e. The summed E-state index contributed by atoms with van der Waals surface area (Å²) >= 11 is 0. The van der Waals surface area contributed by atoms with Crippen LogP contribution in [0.3, 0.4) is 0 Å². The van der Waals surface area contributed by atoms with E-state index in [0.717, 1.165) is 36.5 Å². The van der Waals surface area contributed by atoms with Crippen LogP contribution in [0.1, 0.15) is 30.8 Å². The molecule has 1 unspecified atom stereocenters. The molecule has 4 heteroatoms. The van der Waals surface area contributed by atoms with Gasteiger partial charge in [-0.2, -0.15) is 0 Å². The van der Waals surface area contributed by atoms with Crippen LogP contribution in [0.25, 0.3) is 0 Å². The lowest BCUT2D eigenvalue weighted by atomic mass is 10.0. The minimum atomic E-state index is 0.179. The highest BCUT2D eigenvalue weighted by atomic mass is 16.5. The average Bonchev–Trinajstić information content (AvgIpc) is 2.52. The van der Waals surface area contributed by atoms with Crippen molar-refractivity contribution in [2.45, 2.75) is 25.8 Å². The van der Waals surface area contributed by atoms with Crippen LogP contribution in [0.15, 0.2) is 42.7 Å². The number of aromatic nitrogens is 2. The maximum atomic E-state index is 5.41. The number of rotatable bonds is 7. The van der Waals surface area contributed by atoms with E-state index >= 15 is 0 Å². The van der Waals surface area contributed by atoms with Crippen LogP contribution in [0, 0.1) is 0 Å². The highest BCUT2D eigenvalue weighted by Crippen LogP contribution is 2.25. The molecular formula is C16H21N3O. The molecule has 2 aromatic rings. The molecule has 2 heterocycles. The lowest BCUT2D eigenvalue weighted by Crippen LogP contribution is -2.23. The van der Waals surface area contributed by atoms with Gasteiger partial charge < -0.3 is 10.1 Å². The molecule has 0 aromatic carbocycles. The molecule has 0 spiro atoms. The molecule has 0 saturated carbocycles. The third kappa shape index (κ3) is 3.78. The van der Waals surface area contributed by atoms with Gasteiger partial charge in [0.2, 0.25) is 0 Å². The first-order valence-electron chi connectivity index (χ1n) is 6.97. The quantitative estimate of drug-likeness (QED) is 0.841. The molecule has 0 aliphatic rings. The van der Waals surface area contributed by atoms with Crippen molar-refractivity contribution in [3.05, 3.63) is 54.1 Å². The molecule has 1 atom stereocenters. The minimum Gasteiger partial charge on any atom is -0.495 e. The van der Waals surface area contributed by atoms with Gasteiger partial charge in [0.25, 0.3) is 0 Å². The zero-order valence-corrected chi connectivity index (χ0v) is 12.0. The highest BCUT2D eigenvalue weighted by molar-refractivity contribution is 5.29. The SMILES string of the molecule is CCNC(CCc1ccccn1)c1ncccc1OC. The Labute approximate surface area is 120 Å². The van der Waals surface area contributed by atoms with Crippen molar-refractivity contribution in [1.82, 2.24) is 15.3 Å². The second-order valence-electron chi connectivity index (χ2n) is 4.56. The van der Waals surface area contributed by atoms with E-state index < -0.39 is 0 Å². The van der Waals surface area contributed by atoms with Gasteiger partial charge >= 0.3 is 0 Å². The Kier molecular flexibility index (Phi) is 5.50. The highest BCUT2D eigenvalue weighted by Gasteiger charge is 2.16. The molecular weight excluding hydrogens is 250 g/mol. The fourth-order valence-corrected chi connectivity index (χ4v) is 2.26. The molecule has 2 rings (SSSR count). The summed E-state index contributed by atoms with van der Waals surface area (Å²) in [5, 5.41) is 3.47. The van der Waals surface area contributed by atoms with Crippen molar-refractivity contribution < 1.29 is 4.74 Å². The van der Waals surface area contributed by atoms with Crippen LogP contribution < -0.4 is 10.1 Å². The van der Waals surface area contributed by atoms with Crippen molar-refractivity contribution in [3.8, 4) is 5.75 Å². The van der Waals surface area contributed by atoms with Crippen molar-refractivity contribution in [1.29, 1.82) is 0 Å². The predicted molar refractivity (Wildman–Crippen MR) is 79.8 cm³/mol. The fraction of sp³-hybridized carbons (Fsp3) is 0.375. The standard InChI is InChI=1S/C16H21N3O/c1-3-17-14(10-9-13-7-4-5-11-18-13)16-15(20-2)8-6-12-19-16/h4-8,11-12,14,17H,3,9-10H2,1-2H3. The summed E-state index contributed by atoms with van der Waals surface area (Å²) in [5.74, 6) is 0.833. The molecule has 0 aliphatic heterocycles. The second kappa shape index (κ2) is 7.60. The van der Waals surface area contributed by atoms with E-state index in [4.69, 9.17) is 4.74 Å². The second-order valence-corrected chi connectivity index (χ2v) is 4.56. The van der Waals surface area contributed by atoms with Gasteiger partial charge in [0.05, 0.1) is 18.8 Å². The van der Waals surface area contributed by atoms with Gasteiger partial charge in [0, 0.05) is 18.1 Å². The Balaban J connectivity index is 2.10. The Bertz CT molecular complexity index is 516. The molecule has 0 aliphatic carbocycles. The number of ether oxygens (including phenoxy) is 1. The fourth-order valence-electron chi connectivity index (χ4n) is 2.26. The number of aryl methyl sites for hydroxylation is 1. The van der Waals surface area contributed by atoms with E-state index in [1.807, 2.05) is 36.7 Å². The minimum absolute atomic E-state index is 0.179. The summed E-state index contributed by atoms with van der Waals surface area (Å²) in [6.45, 7) is 3.00. The maximum absolute atomic E-state index is 5.41. The van der Waals surface area contributed by atoms with E-state index in [2.05, 4.69) is 28.3 Å². The predicted octanol–water partition coefficient (Wildman–Crippen LogP) is 2.77. The van der Waals surface area contributed by atoms with Crippen LogP contribution in [-0.4, -0.2) is 23.6 Å². The monoisotopic (exact) mass is 271 g/mol. The third-order valence-electron chi connectivity index (χ3n) is 3.22. The molecule has 0 saturated heterocycles. The lowest BCUT2D eigenvalue weighted by molar-refractivity contribution is 0.390. The lowest BCUT2D eigenvalue weighted by Gasteiger charge is -2.19. The van der Waals surface area contributed by atoms with Gasteiger partial charge in [0.1, 0.15) is 5.75 Å². The van der Waals surface area contributed by atoms with Crippen LogP contribution >= 0.6 is 0 Å². The van der Waals surface area contributed by atoms with Crippen LogP contribution in [0.4, 0.5) is 0 Å². The van der Waals surface area contributed by atoms with E-state index in [1.165, 1.54) is 0 Å². The number of hydrogen-bond acceptors (Lipinski definition) is 4. The van der Waals surface area contributed by atoms with E-state index in [-0.39, 0.29) is 6.04 Å². The molecule has 4 nitrogen and oxygen atoms in total. The number of methoxy groups -OCH3 is 1. The molecule has 0 fully saturated rings. The summed E-state index contributed by atoms with van der Waals surface area (Å²) in [6, 6.07) is 10.0. The van der Waals surface area contributed by atoms with E-state index in [1.54, 1.807) is 7.11 Å². The molecule has 1 N–H and O–H groups in total. The summed E-state index contributed by atoms with van der Waals surface area (Å²) in [5.41, 5.74) is 2.07. The molecule has 106 valence electrons. The molecule has 2 aromatic heterocycles. The van der Waals surface area contributed by atoms with E-state index in [0.29, 0.717) is 0 Å². The van der Waals surface area contributed by atoms with Gasteiger partial charge in [-0.05, 0) is 43.7 Å². The van der Waals surface area contributed by atoms with Gasteiger partial charge in [-0.3, -0.25) is 9.97 Å². The summed E-state index contributed by atoms with van der Waals surface area (Å²) in [4.78, 5) is 8.84. The maximum Gasteiger partial charge on any atom is 0.141 e. The summed E-state index contributed by atoms with van der Waals surface area (Å²) in [7, 11) is 1.68. The van der Waals surface area contributed by atoms with Gasteiger partial charge in [0.15, 0.2) is 0 Å².